The lowest BCUT2D eigenvalue weighted by Gasteiger charge is -2.08. The van der Waals surface area contributed by atoms with Gasteiger partial charge in [0.1, 0.15) is 0 Å². The Morgan fingerprint density at radius 3 is 2.53 bits per heavy atom. The highest BCUT2D eigenvalue weighted by molar-refractivity contribution is 7.91. The Hall–Kier alpha value is -1.10. The normalized spacial score (nSPS) is 11.9. The molecule has 2 rings (SSSR count). The van der Waals surface area contributed by atoms with E-state index < -0.39 is 9.84 Å². The summed E-state index contributed by atoms with van der Waals surface area (Å²) >= 11 is 6.14. The molecule has 0 aromatic heterocycles. The van der Waals surface area contributed by atoms with Gasteiger partial charge in [-0.25, -0.2) is 8.42 Å². The van der Waals surface area contributed by atoms with Crippen LogP contribution in [-0.2, 0) is 9.84 Å². The van der Waals surface area contributed by atoms with Crippen molar-refractivity contribution in [3.8, 4) is 0 Å². The number of halogens is 1. The molecule has 5 heteroatoms. The lowest BCUT2D eigenvalue weighted by atomic mass is 10.1. The maximum absolute atomic E-state index is 11.9. The second kappa shape index (κ2) is 4.64. The van der Waals surface area contributed by atoms with Crippen molar-refractivity contribution >= 4 is 32.2 Å². The fourth-order valence-corrected chi connectivity index (χ4v) is 3.50. The van der Waals surface area contributed by atoms with E-state index in [-0.39, 0.29) is 22.2 Å². The van der Waals surface area contributed by atoms with Gasteiger partial charge in [-0.1, -0.05) is 41.9 Å². The van der Waals surface area contributed by atoms with Crippen LogP contribution in [0.2, 0.25) is 5.02 Å². The fraction of sp³-hybridized carbons (Fsp3) is 0.167. The third-order valence-corrected chi connectivity index (χ3v) is 4.85. The molecule has 0 saturated carbocycles. The van der Waals surface area contributed by atoms with Gasteiger partial charge in [-0.3, -0.25) is 0 Å². The molecule has 0 bridgehead atoms. The number of rotatable bonds is 3. The van der Waals surface area contributed by atoms with Crippen LogP contribution in [0.15, 0.2) is 41.3 Å². The van der Waals surface area contributed by atoms with Gasteiger partial charge in [-0.15, -0.1) is 0 Å². The molecule has 0 unspecified atom stereocenters. The minimum atomic E-state index is -3.39. The number of hydrogen-bond donors (Lipinski definition) is 1. The minimum absolute atomic E-state index is 0.0888. The SMILES string of the molecule is NCCS(=O)(=O)c1ccc2ccccc2c1Cl. The zero-order valence-corrected chi connectivity index (χ0v) is 10.6. The van der Waals surface area contributed by atoms with Gasteiger partial charge < -0.3 is 5.73 Å². The molecule has 2 aromatic carbocycles. The van der Waals surface area contributed by atoms with Crippen molar-refractivity contribution in [3.63, 3.8) is 0 Å². The summed E-state index contributed by atoms with van der Waals surface area (Å²) in [5.41, 5.74) is 5.29. The van der Waals surface area contributed by atoms with E-state index >= 15 is 0 Å². The second-order valence-corrected chi connectivity index (χ2v) is 6.16. The van der Waals surface area contributed by atoms with Crippen LogP contribution in [-0.4, -0.2) is 20.7 Å². The van der Waals surface area contributed by atoms with E-state index in [4.69, 9.17) is 17.3 Å². The summed E-state index contributed by atoms with van der Waals surface area (Å²) in [5.74, 6) is -0.0922. The molecule has 17 heavy (non-hydrogen) atoms. The lowest BCUT2D eigenvalue weighted by molar-refractivity contribution is 0.596. The standard InChI is InChI=1S/C12H12ClNO2S/c13-12-10-4-2-1-3-9(10)5-6-11(12)17(15,16)8-7-14/h1-6H,7-8,14H2. The summed E-state index contributed by atoms with van der Waals surface area (Å²) in [6, 6.07) is 10.7. The third-order valence-electron chi connectivity index (χ3n) is 2.55. The van der Waals surface area contributed by atoms with E-state index in [2.05, 4.69) is 0 Å². The first-order valence-corrected chi connectivity index (χ1v) is 7.19. The van der Waals surface area contributed by atoms with Gasteiger partial charge in [-0.2, -0.15) is 0 Å². The summed E-state index contributed by atoms with van der Waals surface area (Å²) < 4.78 is 23.9. The third kappa shape index (κ3) is 2.29. The van der Waals surface area contributed by atoms with Crippen molar-refractivity contribution in [2.45, 2.75) is 4.90 Å². The zero-order valence-electron chi connectivity index (χ0n) is 9.06. The second-order valence-electron chi connectivity index (χ2n) is 3.71. The van der Waals surface area contributed by atoms with Gasteiger partial charge in [0.15, 0.2) is 9.84 Å². The van der Waals surface area contributed by atoms with E-state index in [0.717, 1.165) is 10.8 Å². The van der Waals surface area contributed by atoms with Gasteiger partial charge >= 0.3 is 0 Å². The molecular weight excluding hydrogens is 258 g/mol. The predicted octanol–water partition coefficient (Wildman–Crippen LogP) is 2.23. The molecule has 0 aliphatic heterocycles. The van der Waals surface area contributed by atoms with Crippen molar-refractivity contribution in [1.29, 1.82) is 0 Å². The van der Waals surface area contributed by atoms with Crippen molar-refractivity contribution in [2.75, 3.05) is 12.3 Å². The van der Waals surface area contributed by atoms with Gasteiger partial charge in [0, 0.05) is 11.9 Å². The van der Waals surface area contributed by atoms with Crippen LogP contribution in [0.5, 0.6) is 0 Å². The molecule has 0 radical (unpaired) electrons. The molecule has 90 valence electrons. The van der Waals surface area contributed by atoms with E-state index in [1.54, 1.807) is 12.1 Å². The smallest absolute Gasteiger partial charge is 0.181 e. The summed E-state index contributed by atoms with van der Waals surface area (Å²) in [6.07, 6.45) is 0. The van der Waals surface area contributed by atoms with E-state index in [1.807, 2.05) is 18.2 Å². The Morgan fingerprint density at radius 2 is 1.82 bits per heavy atom. The van der Waals surface area contributed by atoms with Crippen LogP contribution in [0.3, 0.4) is 0 Å². The summed E-state index contributed by atoms with van der Waals surface area (Å²) in [6.45, 7) is 0.0888. The average Bonchev–Trinajstić information content (AvgIpc) is 2.29. The highest BCUT2D eigenvalue weighted by atomic mass is 35.5. The van der Waals surface area contributed by atoms with Crippen molar-refractivity contribution in [1.82, 2.24) is 0 Å². The van der Waals surface area contributed by atoms with Crippen LogP contribution in [0, 0.1) is 0 Å². The van der Waals surface area contributed by atoms with E-state index in [1.165, 1.54) is 6.07 Å². The van der Waals surface area contributed by atoms with Gasteiger partial charge in [-0.05, 0) is 11.5 Å². The number of benzene rings is 2. The Kier molecular flexibility index (Phi) is 3.38. The molecule has 0 saturated heterocycles. The number of nitrogens with two attached hydrogens (primary N) is 1. The zero-order chi connectivity index (χ0) is 12.5. The van der Waals surface area contributed by atoms with Crippen LogP contribution < -0.4 is 5.73 Å². The fourth-order valence-electron chi connectivity index (χ4n) is 1.72. The van der Waals surface area contributed by atoms with Gasteiger partial charge in [0.2, 0.25) is 0 Å². The lowest BCUT2D eigenvalue weighted by Crippen LogP contribution is -2.16. The van der Waals surface area contributed by atoms with Gasteiger partial charge in [0.05, 0.1) is 15.7 Å². The first-order chi connectivity index (χ1) is 8.06. The Morgan fingerprint density at radius 1 is 1.12 bits per heavy atom. The molecule has 0 aliphatic rings. The monoisotopic (exact) mass is 269 g/mol. The van der Waals surface area contributed by atoms with Crippen molar-refractivity contribution in [3.05, 3.63) is 41.4 Å². The van der Waals surface area contributed by atoms with Crippen LogP contribution in [0.1, 0.15) is 0 Å². The topological polar surface area (TPSA) is 60.2 Å². The average molecular weight is 270 g/mol. The van der Waals surface area contributed by atoms with Crippen molar-refractivity contribution in [2.24, 2.45) is 5.73 Å². The summed E-state index contributed by atoms with van der Waals surface area (Å²) in [5, 5.41) is 1.94. The molecule has 0 atom stereocenters. The summed E-state index contributed by atoms with van der Waals surface area (Å²) in [4.78, 5) is 0.156. The molecule has 2 N–H and O–H groups in total. The Balaban J connectivity index is 2.69. The molecular formula is C12H12ClNO2S. The number of fused-ring (bicyclic) bond motifs is 1. The quantitative estimate of drug-likeness (QED) is 0.929. The highest BCUT2D eigenvalue weighted by Crippen LogP contribution is 2.30. The number of hydrogen-bond acceptors (Lipinski definition) is 3. The number of sulfone groups is 1. The maximum atomic E-state index is 11.9. The van der Waals surface area contributed by atoms with E-state index in [9.17, 15) is 8.42 Å². The summed E-state index contributed by atoms with van der Waals surface area (Å²) in [7, 11) is -3.39. The van der Waals surface area contributed by atoms with Crippen LogP contribution >= 0.6 is 11.6 Å². The Labute approximate surface area is 105 Å². The molecule has 3 nitrogen and oxygen atoms in total. The molecule has 0 heterocycles. The van der Waals surface area contributed by atoms with Crippen LogP contribution in [0.4, 0.5) is 0 Å². The van der Waals surface area contributed by atoms with Gasteiger partial charge in [0.25, 0.3) is 0 Å². The highest BCUT2D eigenvalue weighted by Gasteiger charge is 2.18. The minimum Gasteiger partial charge on any atom is -0.329 e. The molecule has 0 aliphatic carbocycles. The Bertz CT molecular complexity index is 653. The van der Waals surface area contributed by atoms with Crippen molar-refractivity contribution < 1.29 is 8.42 Å². The van der Waals surface area contributed by atoms with Crippen LogP contribution in [0.25, 0.3) is 10.8 Å². The first kappa shape index (κ1) is 12.4. The molecule has 0 spiro atoms. The predicted molar refractivity (Wildman–Crippen MR) is 70.1 cm³/mol. The molecule has 2 aromatic rings. The van der Waals surface area contributed by atoms with E-state index in [0.29, 0.717) is 0 Å². The largest absolute Gasteiger partial charge is 0.329 e. The first-order valence-electron chi connectivity index (χ1n) is 5.16. The molecule has 0 fully saturated rings. The maximum Gasteiger partial charge on any atom is 0.181 e. The molecule has 0 amide bonds.